The first-order chi connectivity index (χ1) is 9.95. The molecule has 2 aliphatic rings. The molecule has 0 aromatic heterocycles. The van der Waals surface area contributed by atoms with Gasteiger partial charge in [0.2, 0.25) is 0 Å². The van der Waals surface area contributed by atoms with Crippen LogP contribution in [0.4, 0.5) is 0 Å². The number of hydrogen-bond donors (Lipinski definition) is 0. The van der Waals surface area contributed by atoms with Crippen LogP contribution in [0.3, 0.4) is 0 Å². The molecule has 96 valence electrons. The van der Waals surface area contributed by atoms with E-state index in [1.165, 1.54) is 46.5 Å². The van der Waals surface area contributed by atoms with Crippen LogP contribution in [0, 0.1) is 12.1 Å². The normalized spacial score (nSPS) is 12.7. The molecular weight excluding hydrogens is 319 g/mol. The zero-order chi connectivity index (χ0) is 14.2. The van der Waals surface area contributed by atoms with Crippen molar-refractivity contribution in [3.63, 3.8) is 0 Å². The van der Waals surface area contributed by atoms with E-state index in [0.29, 0.717) is 0 Å². The molecule has 0 saturated carbocycles. The van der Waals surface area contributed by atoms with E-state index in [2.05, 4.69) is 58.8 Å². The van der Waals surface area contributed by atoms with Crippen molar-refractivity contribution >= 4 is 4.21 Å². The van der Waals surface area contributed by atoms with Crippen molar-refractivity contribution in [3.05, 3.63) is 84.0 Å². The quantitative estimate of drug-likeness (QED) is 0.537. The van der Waals surface area contributed by atoms with Gasteiger partial charge >= 0.3 is 28.4 Å². The molecule has 20 heavy (non-hydrogen) atoms. The number of rotatable bonds is 0. The summed E-state index contributed by atoms with van der Waals surface area (Å²) in [7, 11) is 0. The third-order valence-corrected chi connectivity index (χ3v) is 3.20. The van der Waals surface area contributed by atoms with E-state index in [1.54, 1.807) is 0 Å². The second-order valence-corrected chi connectivity index (χ2v) is 4.40. The molecule has 4 rings (SSSR count). The summed E-state index contributed by atoms with van der Waals surface area (Å²) in [5, 5.41) is 0. The Balaban J connectivity index is 0.000000177. The Kier molecular flexibility index (Phi) is 6.08. The maximum Gasteiger partial charge on any atom is -0.0253 e. The summed E-state index contributed by atoms with van der Waals surface area (Å²) in [6.45, 7) is 0. The van der Waals surface area contributed by atoms with E-state index in [-0.39, 0.29) is 0 Å². The van der Waals surface area contributed by atoms with Crippen LogP contribution in [0.1, 0.15) is 17.5 Å². The molecule has 0 radical (unpaired) electrons. The van der Waals surface area contributed by atoms with Crippen molar-refractivity contribution in [3.8, 4) is 11.1 Å². The maximum absolute atomic E-state index is 3.34. The van der Waals surface area contributed by atoms with Crippen molar-refractivity contribution in [2.45, 2.75) is 12.8 Å². The first-order valence-corrected chi connectivity index (χ1v) is 8.34. The van der Waals surface area contributed by atoms with E-state index >= 15 is 0 Å². The van der Waals surface area contributed by atoms with Crippen LogP contribution in [-0.2, 0) is 30.7 Å². The molecule has 0 nitrogen and oxygen atoms in total. The minimum Gasteiger partial charge on any atom is -0.179 e. The number of fused-ring (bicyclic) bond motifs is 3. The zero-order valence-corrected chi connectivity index (χ0v) is 13.9. The van der Waals surface area contributed by atoms with Crippen molar-refractivity contribution < 1.29 is 24.2 Å². The summed E-state index contributed by atoms with van der Waals surface area (Å²) in [5.41, 5.74) is 5.51. The van der Waals surface area contributed by atoms with Crippen LogP contribution in [-0.4, -0.2) is 4.21 Å². The Morgan fingerprint density at radius 1 is 1.00 bits per heavy atom. The Bertz CT molecular complexity index is 570. The molecule has 0 amide bonds. The third kappa shape index (κ3) is 3.61. The number of hydrogen-bond acceptors (Lipinski definition) is 0. The molecule has 0 N–H and O–H groups in total. The number of benzene rings is 2. The molecule has 0 spiro atoms. The van der Waals surface area contributed by atoms with E-state index < -0.39 is 0 Å². The van der Waals surface area contributed by atoms with Crippen molar-refractivity contribution in [2.24, 2.45) is 0 Å². The fourth-order valence-electron chi connectivity index (χ4n) is 2.34. The largest absolute Gasteiger partial charge is 0.179 e. The van der Waals surface area contributed by atoms with Crippen molar-refractivity contribution in [1.82, 2.24) is 0 Å². The molecular formula is C19H16Zr. The number of allylic oxidation sites excluding steroid dienone is 4. The molecule has 0 bridgehead atoms. The van der Waals surface area contributed by atoms with Crippen LogP contribution in [0.2, 0.25) is 0 Å². The molecule has 2 aromatic carbocycles. The van der Waals surface area contributed by atoms with Crippen LogP contribution in [0.25, 0.3) is 11.1 Å². The first kappa shape index (κ1) is 15.1. The van der Waals surface area contributed by atoms with Crippen molar-refractivity contribution in [2.75, 3.05) is 0 Å². The van der Waals surface area contributed by atoms with Crippen LogP contribution >= 0.6 is 0 Å². The summed E-state index contributed by atoms with van der Waals surface area (Å²) in [6.07, 6.45) is 11.0. The molecule has 0 atom stereocenters. The van der Waals surface area contributed by atoms with Gasteiger partial charge in [0, 0.05) is 0 Å². The summed E-state index contributed by atoms with van der Waals surface area (Å²) >= 11 is 1.30. The van der Waals surface area contributed by atoms with Crippen LogP contribution < -0.4 is 0 Å². The summed E-state index contributed by atoms with van der Waals surface area (Å²) < 4.78 is 3.34. The standard InChI is InChI=1S/C13H9.C5H5.CH2.Zr/c1-3-7-12-10(5-1)9-11-6-2-4-8-13(11)12;1-2-4-5-3-1;;/h1-5,7-8H,9H2;1-3H,4H2;1H2;/q2*-1;;+2. The van der Waals surface area contributed by atoms with Crippen LogP contribution in [0.15, 0.2) is 60.7 Å². The fraction of sp³-hybridized carbons (Fsp3) is 0.105. The van der Waals surface area contributed by atoms with Gasteiger partial charge in [0.15, 0.2) is 0 Å². The van der Waals surface area contributed by atoms with Crippen molar-refractivity contribution in [1.29, 1.82) is 0 Å². The van der Waals surface area contributed by atoms with Gasteiger partial charge in [-0.1, -0.05) is 35.4 Å². The van der Waals surface area contributed by atoms with Gasteiger partial charge in [-0.15, -0.1) is 12.0 Å². The van der Waals surface area contributed by atoms with Gasteiger partial charge in [0.25, 0.3) is 0 Å². The molecule has 0 heterocycles. The van der Waals surface area contributed by atoms with Gasteiger partial charge < -0.3 is 0 Å². The fourth-order valence-corrected chi connectivity index (χ4v) is 2.34. The minimum atomic E-state index is 1.01. The molecule has 2 aliphatic carbocycles. The van der Waals surface area contributed by atoms with Gasteiger partial charge in [0.05, 0.1) is 0 Å². The molecule has 0 saturated heterocycles. The van der Waals surface area contributed by atoms with E-state index in [1.807, 2.05) is 18.2 Å². The van der Waals surface area contributed by atoms with E-state index in [4.69, 9.17) is 0 Å². The van der Waals surface area contributed by atoms with E-state index in [0.717, 1.165) is 12.8 Å². The van der Waals surface area contributed by atoms with Gasteiger partial charge in [-0.25, -0.2) is 12.2 Å². The topological polar surface area (TPSA) is 0 Å². The first-order valence-electron chi connectivity index (χ1n) is 6.60. The molecule has 0 aliphatic heterocycles. The molecule has 0 fully saturated rings. The Labute approximate surface area is 136 Å². The Hall–Kier alpha value is -1.33. The molecule has 2 aromatic rings. The predicted molar refractivity (Wildman–Crippen MR) is 82.2 cm³/mol. The molecule has 1 heteroatoms. The Morgan fingerprint density at radius 2 is 1.80 bits per heavy atom. The van der Waals surface area contributed by atoms with Gasteiger partial charge in [0.1, 0.15) is 0 Å². The minimum absolute atomic E-state index is 1.01. The van der Waals surface area contributed by atoms with Crippen LogP contribution in [0.5, 0.6) is 0 Å². The summed E-state index contributed by atoms with van der Waals surface area (Å²) in [5.74, 6) is 0. The third-order valence-electron chi connectivity index (χ3n) is 3.20. The monoisotopic (exact) mass is 334 g/mol. The van der Waals surface area contributed by atoms with Gasteiger partial charge in [-0.2, -0.15) is 35.9 Å². The predicted octanol–water partition coefficient (Wildman–Crippen LogP) is 4.33. The smallest absolute Gasteiger partial charge is 0.0253 e. The Morgan fingerprint density at radius 3 is 2.50 bits per heavy atom. The van der Waals surface area contributed by atoms with Gasteiger partial charge in [-0.3, -0.25) is 6.08 Å². The second-order valence-electron chi connectivity index (χ2n) is 4.40. The zero-order valence-electron chi connectivity index (χ0n) is 11.4. The molecule has 0 unspecified atom stereocenters. The van der Waals surface area contributed by atoms with E-state index in [9.17, 15) is 0 Å². The van der Waals surface area contributed by atoms with Gasteiger partial charge in [-0.05, 0) is 6.42 Å². The summed E-state index contributed by atoms with van der Waals surface area (Å²) in [4.78, 5) is 0. The summed E-state index contributed by atoms with van der Waals surface area (Å²) in [6, 6.07) is 18.1. The average Bonchev–Trinajstić information content (AvgIpc) is 3.20. The average molecular weight is 336 g/mol. The second kappa shape index (κ2) is 8.07. The SMILES string of the molecule is [C-]1=CC=CC1.[CH2]=[Zr+2].[c-]1cccc2c1Cc1ccccc1-2. The maximum atomic E-state index is 3.34.